The zero-order chi connectivity index (χ0) is 58.5. The Labute approximate surface area is 465 Å². The highest BCUT2D eigenvalue weighted by Crippen LogP contribution is 2.21. The fraction of sp³-hybridized carbons (Fsp3) is 0.564. The van der Waals surface area contributed by atoms with Gasteiger partial charge in [-0.15, -0.1) is 0 Å². The Bertz CT molecular complexity index is 2500. The molecule has 0 bridgehead atoms. The Morgan fingerprint density at radius 3 is 1.86 bits per heavy atom. The molecule has 0 radical (unpaired) electrons. The number of amides is 8. The summed E-state index contributed by atoms with van der Waals surface area (Å²) in [5.74, 6) is -7.83. The fourth-order valence-corrected chi connectivity index (χ4v) is 9.47. The molecule has 8 amide bonds. The number of H-pyrrole nitrogens is 1. The second kappa shape index (κ2) is 31.5. The number of aliphatic carboxylic acids is 1. The lowest BCUT2D eigenvalue weighted by atomic mass is 9.96. The van der Waals surface area contributed by atoms with Gasteiger partial charge in [-0.3, -0.25) is 38.4 Å². The molecule has 1 fully saturated rings. The number of phenols is 1. The van der Waals surface area contributed by atoms with E-state index in [0.717, 1.165) is 5.56 Å². The zero-order valence-corrected chi connectivity index (χ0v) is 47.1. The summed E-state index contributed by atoms with van der Waals surface area (Å²) in [4.78, 5) is 133. The van der Waals surface area contributed by atoms with Gasteiger partial charge in [0.2, 0.25) is 47.3 Å². The number of hydrogen-bond donors (Lipinski definition) is 12. The van der Waals surface area contributed by atoms with Crippen LogP contribution >= 0.6 is 11.8 Å². The maximum Gasteiger partial charge on any atom is 0.326 e. The van der Waals surface area contributed by atoms with Crippen LogP contribution in [0.3, 0.4) is 0 Å². The quantitative estimate of drug-likeness (QED) is 0.0425. The average molecular weight is 1120 g/mol. The number of carbonyl (C=O) groups is 9. The lowest BCUT2D eigenvalue weighted by Crippen LogP contribution is -2.62. The van der Waals surface area contributed by atoms with Gasteiger partial charge in [-0.1, -0.05) is 90.4 Å². The molecule has 1 saturated heterocycles. The molecule has 23 nitrogen and oxygen atoms in total. The number of carbonyl (C=O) groups excluding carboxylic acids is 8. The van der Waals surface area contributed by atoms with Gasteiger partial charge >= 0.3 is 5.97 Å². The number of phenolic OH excluding ortho intramolecular Hbond substituents is 1. The number of nitrogens with zero attached hydrogens (tertiary/aromatic N) is 2. The minimum Gasteiger partial charge on any atom is -0.508 e. The normalized spacial score (nSPS) is 17.1. The molecular weight excluding hydrogens is 1040 g/mol. The van der Waals surface area contributed by atoms with Gasteiger partial charge in [0.1, 0.15) is 54.1 Å². The number of carboxylic acids is 1. The summed E-state index contributed by atoms with van der Waals surface area (Å²) >= 11 is 1.41. The maximum atomic E-state index is 14.6. The molecule has 24 heteroatoms. The van der Waals surface area contributed by atoms with Gasteiger partial charge < -0.3 is 68.2 Å². The first kappa shape index (κ1) is 64.5. The Kier molecular flexibility index (Phi) is 25.7. The van der Waals surface area contributed by atoms with Crippen LogP contribution < -0.4 is 43.0 Å². The molecule has 3 aromatic rings. The number of aliphatic hydroxyl groups is 1. The molecule has 1 aromatic heterocycles. The third-order valence-corrected chi connectivity index (χ3v) is 14.4. The van der Waals surface area contributed by atoms with Crippen LogP contribution in [0.1, 0.15) is 97.4 Å². The molecule has 13 N–H and O–H groups in total. The summed E-state index contributed by atoms with van der Waals surface area (Å²) in [7, 11) is 0. The molecule has 434 valence electrons. The number of carboxylic acid groups (broad SMARTS) is 1. The first-order valence-corrected chi connectivity index (χ1v) is 28.2. The van der Waals surface area contributed by atoms with Crippen molar-refractivity contribution in [2.75, 3.05) is 18.6 Å². The van der Waals surface area contributed by atoms with Crippen molar-refractivity contribution in [3.8, 4) is 5.75 Å². The lowest BCUT2D eigenvalue weighted by molar-refractivity contribution is -0.145. The second-order valence-corrected chi connectivity index (χ2v) is 21.9. The molecule has 4 rings (SSSR count). The van der Waals surface area contributed by atoms with Gasteiger partial charge in [0.05, 0.1) is 18.5 Å². The topological polar surface area (TPSA) is 356 Å². The van der Waals surface area contributed by atoms with Crippen molar-refractivity contribution in [1.82, 2.24) is 52.1 Å². The minimum atomic E-state index is -1.66. The van der Waals surface area contributed by atoms with Gasteiger partial charge in [-0.05, 0) is 92.0 Å². The summed E-state index contributed by atoms with van der Waals surface area (Å²) in [6.45, 7) is 11.9. The van der Waals surface area contributed by atoms with Crippen LogP contribution in [0.25, 0.3) is 0 Å². The van der Waals surface area contributed by atoms with E-state index in [1.54, 1.807) is 32.9 Å². The van der Waals surface area contributed by atoms with E-state index >= 15 is 0 Å². The number of likely N-dealkylation sites (tertiary alicyclic amines) is 1. The predicted molar refractivity (Wildman–Crippen MR) is 297 cm³/mol. The van der Waals surface area contributed by atoms with Crippen LogP contribution in [-0.4, -0.2) is 162 Å². The van der Waals surface area contributed by atoms with Crippen LogP contribution in [0, 0.1) is 17.8 Å². The molecule has 0 spiro atoms. The number of benzene rings is 2. The number of aromatic hydroxyl groups is 1. The van der Waals surface area contributed by atoms with Crippen molar-refractivity contribution in [2.45, 2.75) is 160 Å². The number of thioether (sulfide) groups is 1. The Hall–Kier alpha value is -7.05. The van der Waals surface area contributed by atoms with E-state index in [0.29, 0.717) is 29.9 Å². The van der Waals surface area contributed by atoms with Gasteiger partial charge in [0.15, 0.2) is 0 Å². The first-order valence-electron chi connectivity index (χ1n) is 26.8. The number of imidazole rings is 1. The van der Waals surface area contributed by atoms with E-state index in [2.05, 4.69) is 47.2 Å². The molecule has 2 heterocycles. The molecule has 0 unspecified atom stereocenters. The van der Waals surface area contributed by atoms with Crippen LogP contribution in [0.2, 0.25) is 0 Å². The zero-order valence-electron chi connectivity index (χ0n) is 46.3. The maximum absolute atomic E-state index is 14.6. The molecule has 1 aliphatic heterocycles. The number of hydrogen-bond acceptors (Lipinski definition) is 14. The number of rotatable bonds is 31. The van der Waals surface area contributed by atoms with Crippen LogP contribution in [0.4, 0.5) is 0 Å². The van der Waals surface area contributed by atoms with Gasteiger partial charge in [-0.25, -0.2) is 9.78 Å². The number of nitrogens with two attached hydrogens (primary N) is 1. The number of nitrogens with one attached hydrogen (secondary N) is 8. The van der Waals surface area contributed by atoms with Crippen molar-refractivity contribution >= 4 is 65.0 Å². The van der Waals surface area contributed by atoms with E-state index in [1.165, 1.54) is 48.2 Å². The summed E-state index contributed by atoms with van der Waals surface area (Å²) in [6, 6.07) is 3.69. The van der Waals surface area contributed by atoms with Gasteiger partial charge in [-0.2, -0.15) is 11.8 Å². The minimum absolute atomic E-state index is 0.0406. The van der Waals surface area contributed by atoms with E-state index in [1.807, 2.05) is 57.4 Å². The van der Waals surface area contributed by atoms with E-state index in [9.17, 15) is 58.5 Å². The molecule has 0 saturated carbocycles. The molecule has 79 heavy (non-hydrogen) atoms. The van der Waals surface area contributed by atoms with Gasteiger partial charge in [0.25, 0.3) is 0 Å². The number of aliphatic hydroxyl groups excluding tert-OH is 1. The van der Waals surface area contributed by atoms with Crippen molar-refractivity contribution in [1.29, 1.82) is 0 Å². The molecule has 2 aromatic carbocycles. The Balaban J connectivity index is 1.57. The van der Waals surface area contributed by atoms with Crippen molar-refractivity contribution in [2.24, 2.45) is 23.5 Å². The van der Waals surface area contributed by atoms with Crippen molar-refractivity contribution < 1.29 is 58.5 Å². The largest absolute Gasteiger partial charge is 0.508 e. The standard InChI is InChI=1S/C55H81N11O12S/c1-9-32(6)45(64-47(69)38(56)25-34-14-11-10-12-15-34)53(75)62-41(26-35-17-19-37(68)20-18-35)49(71)61-42(27-36-28-57-29-58-36)51(73)65-46(33(7)67)54(76)66-22-13-16-43(66)52(74)59-39(21-23-79-8)48(70)60-40(24-30(2)3)50(72)63-44(31(4)5)55(77)78/h10-12,14-15,17-20,28-33,38-46,67-68H,9,13,16,21-27,56H2,1-8H3,(H,57,58)(H,59,74)(H,60,70)(H,61,71)(H,62,75)(H,63,72)(H,64,69)(H,65,73)(H,77,78)/t32-,33+,38-,39-,40-,41-,42-,43-,44-,45-,46-/m0/s1. The predicted octanol–water partition coefficient (Wildman–Crippen LogP) is 0.822. The molecular formula is C55H81N11O12S. The van der Waals surface area contributed by atoms with Crippen molar-refractivity contribution in [3.63, 3.8) is 0 Å². The summed E-state index contributed by atoms with van der Waals surface area (Å²) in [5, 5.41) is 49.7. The highest BCUT2D eigenvalue weighted by atomic mass is 32.2. The summed E-state index contributed by atoms with van der Waals surface area (Å²) < 4.78 is 0. The SMILES string of the molecule is CC[C@H](C)[C@H](NC(=O)[C@@H](N)Cc1ccccc1)C(=O)N[C@@H](Cc1ccc(O)cc1)C(=O)N[C@@H](Cc1cnc[nH]1)C(=O)N[C@H](C(=O)N1CCC[C@H]1C(=O)N[C@@H](CCSC)C(=O)N[C@@H](CC(C)C)C(=O)N[C@H](C(=O)O)C(C)C)[C@@H](C)O. The average Bonchev–Trinajstić information content (AvgIpc) is 4.14. The van der Waals surface area contributed by atoms with Crippen LogP contribution in [0.15, 0.2) is 67.1 Å². The van der Waals surface area contributed by atoms with E-state index in [-0.39, 0.29) is 56.7 Å². The highest BCUT2D eigenvalue weighted by Gasteiger charge is 2.42. The third kappa shape index (κ3) is 20.0. The summed E-state index contributed by atoms with van der Waals surface area (Å²) in [6.07, 6.45) is 4.14. The van der Waals surface area contributed by atoms with Crippen LogP contribution in [0.5, 0.6) is 5.75 Å². The van der Waals surface area contributed by atoms with Crippen molar-refractivity contribution in [3.05, 3.63) is 83.9 Å². The second-order valence-electron chi connectivity index (χ2n) is 21.0. The van der Waals surface area contributed by atoms with E-state index in [4.69, 9.17) is 5.73 Å². The van der Waals surface area contributed by atoms with Crippen LogP contribution in [-0.2, 0) is 62.4 Å². The third-order valence-electron chi connectivity index (χ3n) is 13.7. The fourth-order valence-electron chi connectivity index (χ4n) is 9.00. The lowest BCUT2D eigenvalue weighted by Gasteiger charge is -2.32. The summed E-state index contributed by atoms with van der Waals surface area (Å²) in [5.41, 5.74) is 8.01. The first-order chi connectivity index (χ1) is 37.4. The monoisotopic (exact) mass is 1120 g/mol. The smallest absolute Gasteiger partial charge is 0.326 e. The van der Waals surface area contributed by atoms with Gasteiger partial charge in [0, 0.05) is 31.3 Å². The number of aromatic nitrogens is 2. The molecule has 11 atom stereocenters. The molecule has 0 aliphatic carbocycles. The Morgan fingerprint density at radius 1 is 0.709 bits per heavy atom. The Morgan fingerprint density at radius 2 is 1.28 bits per heavy atom. The molecule has 1 aliphatic rings. The van der Waals surface area contributed by atoms with E-state index < -0.39 is 126 Å². The number of aromatic amines is 1. The highest BCUT2D eigenvalue weighted by molar-refractivity contribution is 7.98.